The molecule has 5 fully saturated rings. The Kier molecular flexibility index (Phi) is 11.9. The highest BCUT2D eigenvalue weighted by Crippen LogP contribution is 2.76. The number of carbonyl (C=O) groups is 5. The van der Waals surface area contributed by atoms with Crippen molar-refractivity contribution in [3.05, 3.63) is 47.0 Å². The van der Waals surface area contributed by atoms with E-state index >= 15 is 0 Å². The maximum Gasteiger partial charge on any atom is 0.309 e. The number of carbonyl (C=O) groups excluding carboxylic acids is 5. The van der Waals surface area contributed by atoms with Crippen LogP contribution in [0.3, 0.4) is 0 Å². The second kappa shape index (κ2) is 15.9. The van der Waals surface area contributed by atoms with E-state index in [1.165, 1.54) is 5.57 Å². The number of Topliss-reactive ketones (excluding diaryl/α,β-unsaturated/α-hetero) is 1. The topological polar surface area (TPSA) is 131 Å². The second-order valence-electron chi connectivity index (χ2n) is 23.7. The summed E-state index contributed by atoms with van der Waals surface area (Å²) in [6.07, 6.45) is 8.01. The summed E-state index contributed by atoms with van der Waals surface area (Å²) >= 11 is 0. The molecule has 2 N–H and O–H groups in total. The molecule has 10 heteroatoms. The van der Waals surface area contributed by atoms with Crippen molar-refractivity contribution in [1.82, 2.24) is 15.5 Å². The summed E-state index contributed by atoms with van der Waals surface area (Å²) in [5.41, 5.74) is 0.270. The number of esters is 2. The predicted molar refractivity (Wildman–Crippen MR) is 240 cm³/mol. The fraction of sp³-hybridized carbons (Fsp3) is 0.750. The number of likely N-dealkylation sites (N-methyl/N-ethyl adjacent to an activating group) is 1. The molecule has 0 aromatic heterocycles. The highest BCUT2D eigenvalue weighted by atomic mass is 16.5. The third kappa shape index (κ3) is 7.38. The van der Waals surface area contributed by atoms with E-state index in [1.807, 2.05) is 58.3 Å². The van der Waals surface area contributed by atoms with Gasteiger partial charge in [0, 0.05) is 11.8 Å². The number of allylic oxidation sites excluding steroid dienone is 1. The maximum absolute atomic E-state index is 14.2. The number of hydrogen-bond acceptors (Lipinski definition) is 8. The van der Waals surface area contributed by atoms with Crippen molar-refractivity contribution >= 4 is 29.5 Å². The van der Waals surface area contributed by atoms with Crippen molar-refractivity contribution in [2.75, 3.05) is 20.6 Å². The summed E-state index contributed by atoms with van der Waals surface area (Å²) in [7, 11) is 3.65. The van der Waals surface area contributed by atoms with Gasteiger partial charge in [-0.05, 0) is 148 Å². The van der Waals surface area contributed by atoms with Gasteiger partial charge in [0.1, 0.15) is 18.2 Å². The van der Waals surface area contributed by atoms with E-state index in [4.69, 9.17) is 9.47 Å². The van der Waals surface area contributed by atoms with Crippen molar-refractivity contribution < 1.29 is 33.4 Å². The number of hydrogen-bond donors (Lipinski definition) is 2. The normalized spacial score (nSPS) is 37.0. The number of amides is 2. The highest BCUT2D eigenvalue weighted by Gasteiger charge is 2.71. The Morgan fingerprint density at radius 3 is 2.10 bits per heavy atom. The SMILES string of the molecule is CC(C)C1=C2[C@H]3CC[C@@H]4[C@@]5(C)CC[C@H](OC(=O)[C@H]6C[C@@H](C(=O)OCc7ccccc7)C6(C)C)C(C)(C)[C@@H]5CC[C@@]4(C)[C@]3(C)CC[C@@]2(NC(=O)C(C)(C)NC(=O)CN(C)C)CC1=O. The van der Waals surface area contributed by atoms with Crippen LogP contribution in [0, 0.1) is 62.6 Å². The standard InChI is InChI=1S/C52H77N3O7/c1-31(2)41-36(56)28-52(54-45(60)48(7,8)53-40(57)29-55(12)13)26-25-50(10)33(42(41)52)19-20-38-49(9)23-22-39(47(5,6)37(49)21-24-51(38,50)11)62-44(59)35-27-34(46(35,3)4)43(58)61-30-32-17-15-14-16-18-32/h14-18,31,33-35,37-39H,19-30H2,1-13H3,(H,53,57)(H,54,60)/t33-,34+,35-,37+,38-,39+,49+,50-,51-,52-/m1/s1. The van der Waals surface area contributed by atoms with Crippen LogP contribution in [0.2, 0.25) is 0 Å². The molecule has 1 aromatic rings. The Hall–Kier alpha value is -3.53. The molecular formula is C52H77N3O7. The molecule has 10 atom stereocenters. The Morgan fingerprint density at radius 2 is 1.47 bits per heavy atom. The van der Waals surface area contributed by atoms with E-state index in [-0.39, 0.29) is 101 Å². The molecule has 1 aromatic carbocycles. The predicted octanol–water partition coefficient (Wildman–Crippen LogP) is 8.61. The van der Waals surface area contributed by atoms with E-state index < -0.39 is 16.5 Å². The minimum atomic E-state index is -1.15. The largest absolute Gasteiger partial charge is 0.462 e. The molecule has 0 radical (unpaired) electrons. The summed E-state index contributed by atoms with van der Waals surface area (Å²) in [5.74, 6) is -0.448. The van der Waals surface area contributed by atoms with Gasteiger partial charge in [0.25, 0.3) is 0 Å². The van der Waals surface area contributed by atoms with Crippen molar-refractivity contribution in [2.24, 2.45) is 62.6 Å². The lowest BCUT2D eigenvalue weighted by molar-refractivity contribution is -0.235. The average Bonchev–Trinajstić information content (AvgIpc) is 3.46. The molecule has 0 saturated heterocycles. The number of nitrogens with zero attached hydrogens (tertiary/aromatic N) is 1. The summed E-state index contributed by atoms with van der Waals surface area (Å²) in [5, 5.41) is 6.41. The molecule has 2 amide bonds. The number of fused-ring (bicyclic) bond motifs is 7. The molecule has 0 unspecified atom stereocenters. The van der Waals surface area contributed by atoms with Gasteiger partial charge in [-0.1, -0.05) is 92.6 Å². The van der Waals surface area contributed by atoms with Gasteiger partial charge in [-0.25, -0.2) is 0 Å². The van der Waals surface area contributed by atoms with Crippen LogP contribution in [0.1, 0.15) is 146 Å². The van der Waals surface area contributed by atoms with Gasteiger partial charge in [-0.15, -0.1) is 0 Å². The number of ether oxygens (including phenoxy) is 2. The zero-order chi connectivity index (χ0) is 45.6. The summed E-state index contributed by atoms with van der Waals surface area (Å²) in [6, 6.07) is 9.68. The van der Waals surface area contributed by atoms with Crippen LogP contribution in [0.15, 0.2) is 41.5 Å². The van der Waals surface area contributed by atoms with Crippen molar-refractivity contribution in [1.29, 1.82) is 0 Å². The van der Waals surface area contributed by atoms with E-state index in [1.54, 1.807) is 18.7 Å². The Bertz CT molecular complexity index is 2000. The molecule has 5 saturated carbocycles. The quantitative estimate of drug-likeness (QED) is 0.212. The summed E-state index contributed by atoms with van der Waals surface area (Å²) in [6.45, 7) is 24.4. The lowest BCUT2D eigenvalue weighted by atomic mass is 9.33. The number of nitrogens with one attached hydrogen (secondary N) is 2. The second-order valence-corrected chi connectivity index (χ2v) is 23.7. The number of rotatable bonds is 11. The van der Waals surface area contributed by atoms with Gasteiger partial charge >= 0.3 is 11.9 Å². The van der Waals surface area contributed by atoms with Crippen LogP contribution in [-0.4, -0.2) is 72.3 Å². The van der Waals surface area contributed by atoms with Gasteiger partial charge in [0.2, 0.25) is 11.8 Å². The Morgan fingerprint density at radius 1 is 0.806 bits per heavy atom. The van der Waals surface area contributed by atoms with E-state index in [9.17, 15) is 24.0 Å². The van der Waals surface area contributed by atoms with Crippen molar-refractivity contribution in [3.8, 4) is 0 Å². The molecule has 0 bridgehead atoms. The zero-order valence-corrected chi connectivity index (χ0v) is 40.2. The first-order valence-electron chi connectivity index (χ1n) is 23.7. The first-order valence-corrected chi connectivity index (χ1v) is 23.7. The molecule has 62 heavy (non-hydrogen) atoms. The lowest BCUT2D eigenvalue weighted by Gasteiger charge is -2.72. The van der Waals surface area contributed by atoms with Crippen molar-refractivity contribution in [2.45, 2.75) is 164 Å². The molecule has 10 nitrogen and oxygen atoms in total. The van der Waals surface area contributed by atoms with Crippen molar-refractivity contribution in [3.63, 3.8) is 0 Å². The molecule has 0 aliphatic heterocycles. The fourth-order valence-corrected chi connectivity index (χ4v) is 14.8. The van der Waals surface area contributed by atoms with E-state index in [2.05, 4.69) is 59.1 Å². The van der Waals surface area contributed by atoms with Crippen LogP contribution in [0.4, 0.5) is 0 Å². The van der Waals surface area contributed by atoms with Crippen LogP contribution in [0.25, 0.3) is 0 Å². The van der Waals surface area contributed by atoms with E-state index in [0.29, 0.717) is 24.7 Å². The van der Waals surface area contributed by atoms with Crippen LogP contribution in [-0.2, 0) is 40.1 Å². The highest BCUT2D eigenvalue weighted by molar-refractivity contribution is 6.03. The van der Waals surface area contributed by atoms with E-state index in [0.717, 1.165) is 56.1 Å². The van der Waals surface area contributed by atoms with Gasteiger partial charge < -0.3 is 25.0 Å². The number of ketones is 1. The minimum Gasteiger partial charge on any atom is -0.462 e. The molecule has 7 rings (SSSR count). The molecule has 6 aliphatic rings. The molecule has 0 spiro atoms. The smallest absolute Gasteiger partial charge is 0.309 e. The van der Waals surface area contributed by atoms with Crippen LogP contribution < -0.4 is 10.6 Å². The molecule has 6 aliphatic carbocycles. The fourth-order valence-electron chi connectivity index (χ4n) is 14.8. The summed E-state index contributed by atoms with van der Waals surface area (Å²) < 4.78 is 12.3. The Balaban J connectivity index is 1.07. The van der Waals surface area contributed by atoms with Gasteiger partial charge in [0.15, 0.2) is 5.78 Å². The van der Waals surface area contributed by atoms with Crippen LogP contribution >= 0.6 is 0 Å². The van der Waals surface area contributed by atoms with Gasteiger partial charge in [-0.3, -0.25) is 24.0 Å². The molecular weight excluding hydrogens is 779 g/mol. The molecule has 0 heterocycles. The Labute approximate surface area is 371 Å². The minimum absolute atomic E-state index is 0.00281. The van der Waals surface area contributed by atoms with Gasteiger partial charge in [-0.2, -0.15) is 0 Å². The van der Waals surface area contributed by atoms with Crippen LogP contribution in [0.5, 0.6) is 0 Å². The monoisotopic (exact) mass is 856 g/mol. The first-order chi connectivity index (χ1) is 28.7. The van der Waals surface area contributed by atoms with Gasteiger partial charge in [0.05, 0.1) is 23.9 Å². The zero-order valence-electron chi connectivity index (χ0n) is 40.2. The lowest BCUT2D eigenvalue weighted by Crippen LogP contribution is -2.68. The third-order valence-electron chi connectivity index (χ3n) is 18.5. The molecule has 342 valence electrons. The third-order valence-corrected chi connectivity index (χ3v) is 18.5. The number of benzene rings is 1. The maximum atomic E-state index is 14.2. The average molecular weight is 856 g/mol. The summed E-state index contributed by atoms with van der Waals surface area (Å²) in [4.78, 5) is 70.2. The first kappa shape index (κ1) is 46.5.